The van der Waals surface area contributed by atoms with E-state index in [-0.39, 0.29) is 18.0 Å². The molecule has 2 atom stereocenters. The van der Waals surface area contributed by atoms with Crippen molar-refractivity contribution in [2.24, 2.45) is 11.7 Å². The second-order valence-electron chi connectivity index (χ2n) is 6.37. The van der Waals surface area contributed by atoms with Crippen LogP contribution in [-0.2, 0) is 9.53 Å². The lowest BCUT2D eigenvalue weighted by Gasteiger charge is -2.28. The van der Waals surface area contributed by atoms with Crippen molar-refractivity contribution in [3.05, 3.63) is 0 Å². The predicted molar refractivity (Wildman–Crippen MR) is 77.2 cm³/mol. The molecule has 2 amide bonds. The van der Waals surface area contributed by atoms with E-state index in [4.69, 9.17) is 10.5 Å². The summed E-state index contributed by atoms with van der Waals surface area (Å²) in [6.45, 7) is 6.95. The van der Waals surface area contributed by atoms with Crippen molar-refractivity contribution in [3.8, 4) is 0 Å². The summed E-state index contributed by atoms with van der Waals surface area (Å²) in [6.07, 6.45) is 3.34. The number of alkyl carbamates (subject to hydrolysis) is 1. The molecule has 0 aromatic heterocycles. The van der Waals surface area contributed by atoms with E-state index >= 15 is 0 Å². The molecule has 1 fully saturated rings. The number of ether oxygens (including phenoxy) is 1. The molecular formula is C14H27N3O3. The van der Waals surface area contributed by atoms with Crippen molar-refractivity contribution < 1.29 is 14.3 Å². The first-order valence-corrected chi connectivity index (χ1v) is 7.27. The van der Waals surface area contributed by atoms with Crippen LogP contribution >= 0.6 is 0 Å². The molecule has 1 unspecified atom stereocenters. The molecule has 1 aliphatic rings. The van der Waals surface area contributed by atoms with Gasteiger partial charge in [-0.15, -0.1) is 0 Å². The SMILES string of the molecule is CC(C)(C)OC(=O)NCCCC1CCN[C@H](C(N)=O)C1. The molecule has 0 aromatic carbocycles. The maximum absolute atomic E-state index is 11.4. The van der Waals surface area contributed by atoms with Gasteiger partial charge in [0.15, 0.2) is 0 Å². The Morgan fingerprint density at radius 1 is 1.40 bits per heavy atom. The first-order valence-electron chi connectivity index (χ1n) is 7.27. The highest BCUT2D eigenvalue weighted by Crippen LogP contribution is 2.20. The third kappa shape index (κ3) is 6.75. The minimum absolute atomic E-state index is 0.201. The lowest BCUT2D eigenvalue weighted by molar-refractivity contribution is -0.120. The molecule has 6 nitrogen and oxygen atoms in total. The number of hydrogen-bond acceptors (Lipinski definition) is 4. The second-order valence-corrected chi connectivity index (χ2v) is 6.37. The highest BCUT2D eigenvalue weighted by Gasteiger charge is 2.24. The zero-order valence-electron chi connectivity index (χ0n) is 12.7. The highest BCUT2D eigenvalue weighted by atomic mass is 16.6. The van der Waals surface area contributed by atoms with Crippen LogP contribution in [0.5, 0.6) is 0 Å². The molecule has 0 bridgehead atoms. The Morgan fingerprint density at radius 3 is 2.70 bits per heavy atom. The summed E-state index contributed by atoms with van der Waals surface area (Å²) in [5, 5.41) is 5.86. The lowest BCUT2D eigenvalue weighted by Crippen LogP contribution is -2.46. The van der Waals surface area contributed by atoms with Gasteiger partial charge >= 0.3 is 6.09 Å². The van der Waals surface area contributed by atoms with Crippen molar-refractivity contribution >= 4 is 12.0 Å². The van der Waals surface area contributed by atoms with Crippen LogP contribution in [0.2, 0.25) is 0 Å². The standard InChI is InChI=1S/C14H27N3O3/c1-14(2,3)20-13(19)17-7-4-5-10-6-8-16-11(9-10)12(15)18/h10-11,16H,4-9H2,1-3H3,(H2,15,18)(H,17,19)/t10?,11-/m0/s1. The van der Waals surface area contributed by atoms with Crippen molar-refractivity contribution in [2.75, 3.05) is 13.1 Å². The van der Waals surface area contributed by atoms with E-state index in [9.17, 15) is 9.59 Å². The Bertz CT molecular complexity index is 339. The van der Waals surface area contributed by atoms with Crippen LogP contribution in [0.4, 0.5) is 4.79 Å². The fraction of sp³-hybridized carbons (Fsp3) is 0.857. The first-order chi connectivity index (χ1) is 9.28. The summed E-state index contributed by atoms with van der Waals surface area (Å²) < 4.78 is 5.16. The van der Waals surface area contributed by atoms with Crippen LogP contribution in [0, 0.1) is 5.92 Å². The second kappa shape index (κ2) is 7.47. The molecule has 6 heteroatoms. The molecule has 1 saturated heterocycles. The van der Waals surface area contributed by atoms with E-state index in [1.54, 1.807) is 0 Å². The van der Waals surface area contributed by atoms with Gasteiger partial charge in [0.2, 0.25) is 5.91 Å². The molecule has 0 aromatic rings. The zero-order chi connectivity index (χ0) is 15.2. The van der Waals surface area contributed by atoms with Crippen molar-refractivity contribution in [2.45, 2.75) is 58.1 Å². The molecule has 1 rings (SSSR count). The molecule has 116 valence electrons. The molecule has 0 spiro atoms. The van der Waals surface area contributed by atoms with E-state index < -0.39 is 5.60 Å². The molecule has 0 radical (unpaired) electrons. The highest BCUT2D eigenvalue weighted by molar-refractivity contribution is 5.79. The van der Waals surface area contributed by atoms with Gasteiger partial charge in [-0.25, -0.2) is 4.79 Å². The van der Waals surface area contributed by atoms with E-state index in [1.807, 2.05) is 20.8 Å². The van der Waals surface area contributed by atoms with Gasteiger partial charge in [-0.05, 0) is 58.9 Å². The predicted octanol–water partition coefficient (Wildman–Crippen LogP) is 1.14. The number of primary amides is 1. The van der Waals surface area contributed by atoms with Crippen molar-refractivity contribution in [1.82, 2.24) is 10.6 Å². The summed E-state index contributed by atoms with van der Waals surface area (Å²) >= 11 is 0. The smallest absolute Gasteiger partial charge is 0.407 e. The first kappa shape index (κ1) is 16.8. The van der Waals surface area contributed by atoms with Gasteiger partial charge in [0, 0.05) is 6.54 Å². The zero-order valence-corrected chi connectivity index (χ0v) is 12.7. The number of nitrogens with two attached hydrogens (primary N) is 1. The Morgan fingerprint density at radius 2 is 2.10 bits per heavy atom. The van der Waals surface area contributed by atoms with Crippen LogP contribution in [-0.4, -0.2) is 36.7 Å². The van der Waals surface area contributed by atoms with Gasteiger partial charge in [0.25, 0.3) is 0 Å². The van der Waals surface area contributed by atoms with Crippen LogP contribution in [0.25, 0.3) is 0 Å². The normalized spacial score (nSPS) is 23.1. The minimum atomic E-state index is -0.464. The largest absolute Gasteiger partial charge is 0.444 e. The molecule has 20 heavy (non-hydrogen) atoms. The fourth-order valence-corrected chi connectivity index (χ4v) is 2.37. The van der Waals surface area contributed by atoms with Gasteiger partial charge in [-0.2, -0.15) is 0 Å². The molecule has 4 N–H and O–H groups in total. The molecule has 1 heterocycles. The Hall–Kier alpha value is -1.30. The maximum atomic E-state index is 11.4. The number of rotatable bonds is 5. The Kier molecular flexibility index (Phi) is 6.26. The summed E-state index contributed by atoms with van der Waals surface area (Å²) in [6, 6.07) is -0.201. The molecule has 0 aliphatic carbocycles. The fourth-order valence-electron chi connectivity index (χ4n) is 2.37. The summed E-state index contributed by atoms with van der Waals surface area (Å²) in [7, 11) is 0. The van der Waals surface area contributed by atoms with Crippen LogP contribution in [0.1, 0.15) is 46.5 Å². The van der Waals surface area contributed by atoms with Crippen LogP contribution in [0.15, 0.2) is 0 Å². The number of piperidine rings is 1. The van der Waals surface area contributed by atoms with Gasteiger partial charge < -0.3 is 21.1 Å². The Balaban J connectivity index is 2.15. The maximum Gasteiger partial charge on any atom is 0.407 e. The van der Waals surface area contributed by atoms with E-state index in [0.29, 0.717) is 12.5 Å². The average Bonchev–Trinajstić information content (AvgIpc) is 2.33. The average molecular weight is 285 g/mol. The molecule has 0 saturated carbocycles. The van der Waals surface area contributed by atoms with Gasteiger partial charge in [0.1, 0.15) is 5.60 Å². The summed E-state index contributed by atoms with van der Waals surface area (Å²) in [5.74, 6) is 0.218. The Labute approximate surface area is 120 Å². The van der Waals surface area contributed by atoms with Gasteiger partial charge in [-0.1, -0.05) is 0 Å². The molecular weight excluding hydrogens is 258 g/mol. The number of carbonyl (C=O) groups is 2. The van der Waals surface area contributed by atoms with Crippen molar-refractivity contribution in [1.29, 1.82) is 0 Å². The summed E-state index contributed by atoms with van der Waals surface area (Å²) in [5.41, 5.74) is 4.84. The number of hydrogen-bond donors (Lipinski definition) is 3. The van der Waals surface area contributed by atoms with Crippen molar-refractivity contribution in [3.63, 3.8) is 0 Å². The number of nitrogens with one attached hydrogen (secondary N) is 2. The number of carbonyl (C=O) groups excluding carboxylic acids is 2. The van der Waals surface area contributed by atoms with Gasteiger partial charge in [0.05, 0.1) is 6.04 Å². The quantitative estimate of drug-likeness (QED) is 0.660. The van der Waals surface area contributed by atoms with E-state index in [1.165, 1.54) is 0 Å². The van der Waals surface area contributed by atoms with Crippen LogP contribution in [0.3, 0.4) is 0 Å². The summed E-state index contributed by atoms with van der Waals surface area (Å²) in [4.78, 5) is 22.6. The molecule has 1 aliphatic heterocycles. The number of amides is 2. The minimum Gasteiger partial charge on any atom is -0.444 e. The van der Waals surface area contributed by atoms with E-state index in [2.05, 4.69) is 10.6 Å². The third-order valence-electron chi connectivity index (χ3n) is 3.31. The topological polar surface area (TPSA) is 93.4 Å². The van der Waals surface area contributed by atoms with Gasteiger partial charge in [-0.3, -0.25) is 4.79 Å². The lowest BCUT2D eigenvalue weighted by atomic mass is 9.88. The van der Waals surface area contributed by atoms with Crippen LogP contribution < -0.4 is 16.4 Å². The third-order valence-corrected chi connectivity index (χ3v) is 3.31. The monoisotopic (exact) mass is 285 g/mol. The van der Waals surface area contributed by atoms with E-state index in [0.717, 1.165) is 32.2 Å².